The molecule has 0 unspecified atom stereocenters. The van der Waals surface area contributed by atoms with E-state index in [1.54, 1.807) is 24.1 Å². The van der Waals surface area contributed by atoms with Crippen molar-refractivity contribution >= 4 is 44.9 Å². The molecule has 0 aliphatic carbocycles. The minimum Gasteiger partial charge on any atom is -0.389 e. The molecule has 4 nitrogen and oxygen atoms in total. The Balaban J connectivity index is 2.98. The first kappa shape index (κ1) is 13.9. The number of amides is 2. The van der Waals surface area contributed by atoms with Crippen molar-refractivity contribution in [1.29, 1.82) is 0 Å². The van der Waals surface area contributed by atoms with E-state index in [9.17, 15) is 4.79 Å². The Kier molecular flexibility index (Phi) is 4.89. The molecule has 92 valence electrons. The average molecular weight is 316 g/mol. The van der Waals surface area contributed by atoms with Gasteiger partial charge in [-0.05, 0) is 25.1 Å². The number of halogens is 1. The van der Waals surface area contributed by atoms with Crippen molar-refractivity contribution in [1.82, 2.24) is 4.90 Å². The van der Waals surface area contributed by atoms with E-state index in [4.69, 9.17) is 18.0 Å². The van der Waals surface area contributed by atoms with E-state index < -0.39 is 0 Å². The number of nitrogens with one attached hydrogen (secondary N) is 1. The van der Waals surface area contributed by atoms with Crippen molar-refractivity contribution in [3.63, 3.8) is 0 Å². The van der Waals surface area contributed by atoms with Crippen LogP contribution in [-0.2, 0) is 0 Å². The number of hydrogen-bond acceptors (Lipinski definition) is 2. The van der Waals surface area contributed by atoms with Crippen molar-refractivity contribution < 1.29 is 4.79 Å². The predicted molar refractivity (Wildman–Crippen MR) is 77.4 cm³/mol. The van der Waals surface area contributed by atoms with Crippen LogP contribution in [0.1, 0.15) is 12.5 Å². The summed E-state index contributed by atoms with van der Waals surface area (Å²) in [4.78, 5) is 13.5. The molecule has 3 N–H and O–H groups in total. The molecule has 2 amide bonds. The van der Waals surface area contributed by atoms with Gasteiger partial charge in [-0.15, -0.1) is 0 Å². The van der Waals surface area contributed by atoms with E-state index in [2.05, 4.69) is 21.2 Å². The van der Waals surface area contributed by atoms with Crippen LogP contribution in [0, 0.1) is 0 Å². The highest BCUT2D eigenvalue weighted by Gasteiger charge is 2.11. The molecule has 0 radical (unpaired) electrons. The Morgan fingerprint density at radius 1 is 1.59 bits per heavy atom. The molecular weight excluding hydrogens is 302 g/mol. The zero-order valence-electron chi connectivity index (χ0n) is 9.66. The Labute approximate surface area is 114 Å². The minimum atomic E-state index is -0.188. The molecule has 0 bridgehead atoms. The molecule has 1 rings (SSSR count). The number of anilines is 1. The number of nitrogens with zero attached hydrogens (tertiary/aromatic N) is 1. The number of nitrogens with two attached hydrogens (primary N) is 1. The van der Waals surface area contributed by atoms with Gasteiger partial charge in [-0.2, -0.15) is 0 Å². The lowest BCUT2D eigenvalue weighted by atomic mass is 10.2. The smallest absolute Gasteiger partial charge is 0.321 e. The summed E-state index contributed by atoms with van der Waals surface area (Å²) in [7, 11) is 1.72. The second-order valence-electron chi connectivity index (χ2n) is 3.50. The molecule has 1 aromatic carbocycles. The molecule has 0 saturated heterocycles. The van der Waals surface area contributed by atoms with Gasteiger partial charge >= 0.3 is 6.03 Å². The van der Waals surface area contributed by atoms with Crippen molar-refractivity contribution in [2.75, 3.05) is 18.9 Å². The molecule has 0 saturated carbocycles. The molecule has 0 atom stereocenters. The summed E-state index contributed by atoms with van der Waals surface area (Å²) >= 11 is 8.28. The highest BCUT2D eigenvalue weighted by atomic mass is 79.9. The first-order chi connectivity index (χ1) is 7.95. The third-order valence-electron chi connectivity index (χ3n) is 2.31. The first-order valence-electron chi connectivity index (χ1n) is 5.07. The van der Waals surface area contributed by atoms with E-state index in [1.165, 1.54) is 0 Å². The maximum atomic E-state index is 11.7. The fourth-order valence-corrected chi connectivity index (χ4v) is 1.71. The number of carbonyl (C=O) groups is 1. The second-order valence-corrected chi connectivity index (χ2v) is 4.85. The number of carbonyl (C=O) groups excluding carboxylic acids is 1. The van der Waals surface area contributed by atoms with Crippen LogP contribution in [0.15, 0.2) is 22.7 Å². The Morgan fingerprint density at radius 2 is 2.24 bits per heavy atom. The zero-order valence-corrected chi connectivity index (χ0v) is 12.1. The summed E-state index contributed by atoms with van der Waals surface area (Å²) in [5.41, 5.74) is 6.88. The lowest BCUT2D eigenvalue weighted by Crippen LogP contribution is -2.31. The Hall–Kier alpha value is -1.14. The van der Waals surface area contributed by atoms with Gasteiger partial charge in [-0.3, -0.25) is 0 Å². The van der Waals surface area contributed by atoms with E-state index in [-0.39, 0.29) is 11.0 Å². The van der Waals surface area contributed by atoms with Gasteiger partial charge in [-0.25, -0.2) is 4.79 Å². The van der Waals surface area contributed by atoms with Gasteiger partial charge in [0.1, 0.15) is 4.99 Å². The van der Waals surface area contributed by atoms with Crippen LogP contribution in [0.25, 0.3) is 0 Å². The maximum absolute atomic E-state index is 11.7. The second kappa shape index (κ2) is 5.97. The van der Waals surface area contributed by atoms with E-state index in [0.29, 0.717) is 17.8 Å². The van der Waals surface area contributed by atoms with Gasteiger partial charge in [0.2, 0.25) is 0 Å². The molecule has 6 heteroatoms. The van der Waals surface area contributed by atoms with Gasteiger partial charge in [0.25, 0.3) is 0 Å². The standard InChI is InChI=1S/C11H14BrN3OS/c1-3-15(2)11(16)14-9-5-4-7(12)6-8(9)10(13)17/h4-6H,3H2,1-2H3,(H2,13,17)(H,14,16). The third kappa shape index (κ3) is 3.67. The highest BCUT2D eigenvalue weighted by molar-refractivity contribution is 9.10. The molecule has 0 aliphatic heterocycles. The van der Waals surface area contributed by atoms with Crippen molar-refractivity contribution in [3.05, 3.63) is 28.2 Å². The molecule has 0 heterocycles. The number of benzene rings is 1. The fraction of sp³-hybridized carbons (Fsp3) is 0.273. The summed E-state index contributed by atoms with van der Waals surface area (Å²) in [5, 5.41) is 2.77. The van der Waals surface area contributed by atoms with Crippen LogP contribution >= 0.6 is 28.1 Å². The van der Waals surface area contributed by atoms with E-state index >= 15 is 0 Å². The lowest BCUT2D eigenvalue weighted by molar-refractivity contribution is 0.224. The van der Waals surface area contributed by atoms with Crippen LogP contribution in [0.4, 0.5) is 10.5 Å². The molecule has 0 spiro atoms. The SMILES string of the molecule is CCN(C)C(=O)Nc1ccc(Br)cc1C(N)=S. The molecule has 17 heavy (non-hydrogen) atoms. The normalized spacial score (nSPS) is 9.82. The molecule has 1 aromatic rings. The summed E-state index contributed by atoms with van der Waals surface area (Å²) in [6.07, 6.45) is 0. The largest absolute Gasteiger partial charge is 0.389 e. The topological polar surface area (TPSA) is 58.4 Å². The van der Waals surface area contributed by atoms with Crippen molar-refractivity contribution in [3.8, 4) is 0 Å². The average Bonchev–Trinajstić information content (AvgIpc) is 2.29. The maximum Gasteiger partial charge on any atom is 0.321 e. The fourth-order valence-electron chi connectivity index (χ4n) is 1.18. The molecule has 0 fully saturated rings. The zero-order chi connectivity index (χ0) is 13.0. The van der Waals surface area contributed by atoms with Crippen molar-refractivity contribution in [2.45, 2.75) is 6.92 Å². The quantitative estimate of drug-likeness (QED) is 0.843. The third-order valence-corrected chi connectivity index (χ3v) is 3.02. The van der Waals surface area contributed by atoms with Crippen LogP contribution in [0.2, 0.25) is 0 Å². The summed E-state index contributed by atoms with van der Waals surface area (Å²) in [6, 6.07) is 5.18. The van der Waals surface area contributed by atoms with Crippen LogP contribution in [-0.4, -0.2) is 29.5 Å². The van der Waals surface area contributed by atoms with Gasteiger partial charge in [-0.1, -0.05) is 28.1 Å². The Morgan fingerprint density at radius 3 is 2.76 bits per heavy atom. The minimum absolute atomic E-state index is 0.188. The summed E-state index contributed by atoms with van der Waals surface area (Å²) in [6.45, 7) is 2.53. The molecule has 0 aromatic heterocycles. The lowest BCUT2D eigenvalue weighted by Gasteiger charge is -2.17. The first-order valence-corrected chi connectivity index (χ1v) is 6.27. The monoisotopic (exact) mass is 315 g/mol. The highest BCUT2D eigenvalue weighted by Crippen LogP contribution is 2.21. The molecular formula is C11H14BrN3OS. The number of thiocarbonyl (C=S) groups is 1. The summed E-state index contributed by atoms with van der Waals surface area (Å²) < 4.78 is 0.863. The van der Waals surface area contributed by atoms with Crippen LogP contribution < -0.4 is 11.1 Å². The number of rotatable bonds is 3. The van der Waals surface area contributed by atoms with Gasteiger partial charge in [0.15, 0.2) is 0 Å². The van der Waals surface area contributed by atoms with Gasteiger partial charge in [0.05, 0.1) is 5.69 Å². The van der Waals surface area contributed by atoms with Gasteiger partial charge in [0, 0.05) is 23.6 Å². The van der Waals surface area contributed by atoms with Gasteiger partial charge < -0.3 is 16.0 Å². The van der Waals surface area contributed by atoms with Crippen molar-refractivity contribution in [2.24, 2.45) is 5.73 Å². The van der Waals surface area contributed by atoms with E-state index in [0.717, 1.165) is 4.47 Å². The van der Waals surface area contributed by atoms with Crippen LogP contribution in [0.3, 0.4) is 0 Å². The molecule has 0 aliphatic rings. The number of hydrogen-bond donors (Lipinski definition) is 2. The Bertz CT molecular complexity index is 450. The number of urea groups is 1. The predicted octanol–water partition coefficient (Wildman–Crippen LogP) is 2.57. The van der Waals surface area contributed by atoms with Crippen LogP contribution in [0.5, 0.6) is 0 Å². The van der Waals surface area contributed by atoms with E-state index in [1.807, 2.05) is 13.0 Å². The summed E-state index contributed by atoms with van der Waals surface area (Å²) in [5.74, 6) is 0.